The third-order valence-electron chi connectivity index (χ3n) is 3.59. The molecular formula is C17H17ClN4O2S. The molecule has 2 aromatic carbocycles. The monoisotopic (exact) mass is 376 g/mol. The van der Waals surface area contributed by atoms with Crippen molar-refractivity contribution in [1.82, 2.24) is 20.2 Å². The Labute approximate surface area is 155 Å². The van der Waals surface area contributed by atoms with Gasteiger partial charge in [0.15, 0.2) is 0 Å². The minimum absolute atomic E-state index is 0.467. The lowest BCUT2D eigenvalue weighted by atomic mass is 10.2. The van der Waals surface area contributed by atoms with E-state index in [1.807, 2.05) is 18.2 Å². The summed E-state index contributed by atoms with van der Waals surface area (Å²) >= 11 is 7.74. The summed E-state index contributed by atoms with van der Waals surface area (Å²) in [5, 5.41) is 13.1. The minimum atomic E-state index is 0.467. The van der Waals surface area contributed by atoms with Crippen LogP contribution < -0.4 is 9.47 Å². The molecule has 0 bridgehead atoms. The third-order valence-corrected chi connectivity index (χ3v) is 4.80. The van der Waals surface area contributed by atoms with Crippen molar-refractivity contribution in [3.8, 4) is 17.2 Å². The first-order chi connectivity index (χ1) is 12.2. The summed E-state index contributed by atoms with van der Waals surface area (Å²) in [6.45, 7) is 0. The predicted octanol–water partition coefficient (Wildman–Crippen LogP) is 3.67. The highest BCUT2D eigenvalue weighted by Gasteiger charge is 2.16. The maximum atomic E-state index is 6.16. The number of ether oxygens (including phenoxy) is 2. The van der Waals surface area contributed by atoms with Crippen LogP contribution in [-0.2, 0) is 6.42 Å². The summed E-state index contributed by atoms with van der Waals surface area (Å²) in [5.41, 5.74) is 1.95. The van der Waals surface area contributed by atoms with E-state index >= 15 is 0 Å². The Morgan fingerprint density at radius 2 is 1.84 bits per heavy atom. The number of tetrazole rings is 1. The Kier molecular flexibility index (Phi) is 5.78. The minimum Gasteiger partial charge on any atom is -0.495 e. The van der Waals surface area contributed by atoms with Gasteiger partial charge in [0.1, 0.15) is 17.2 Å². The number of aromatic nitrogens is 4. The third kappa shape index (κ3) is 4.05. The maximum Gasteiger partial charge on any atom is 0.214 e. The summed E-state index contributed by atoms with van der Waals surface area (Å²) in [6.07, 6.45) is 0.930. The molecule has 1 aromatic heterocycles. The lowest BCUT2D eigenvalue weighted by molar-refractivity contribution is 0.399. The molecule has 1 heterocycles. The average molecular weight is 377 g/mol. The van der Waals surface area contributed by atoms with Gasteiger partial charge in [-0.3, -0.25) is 0 Å². The summed E-state index contributed by atoms with van der Waals surface area (Å²) in [4.78, 5) is 0. The first-order valence-corrected chi connectivity index (χ1v) is 8.96. The van der Waals surface area contributed by atoms with Crippen molar-refractivity contribution >= 4 is 23.4 Å². The van der Waals surface area contributed by atoms with E-state index in [0.717, 1.165) is 12.2 Å². The number of hydrogen-bond donors (Lipinski definition) is 0. The second-order valence-electron chi connectivity index (χ2n) is 5.12. The predicted molar refractivity (Wildman–Crippen MR) is 98.1 cm³/mol. The lowest BCUT2D eigenvalue weighted by Gasteiger charge is -2.12. The highest BCUT2D eigenvalue weighted by Crippen LogP contribution is 2.35. The summed E-state index contributed by atoms with van der Waals surface area (Å²) in [6, 6.07) is 13.8. The zero-order valence-electron chi connectivity index (χ0n) is 13.8. The van der Waals surface area contributed by atoms with Crippen LogP contribution in [0.1, 0.15) is 5.56 Å². The Balaban J connectivity index is 1.81. The van der Waals surface area contributed by atoms with E-state index in [1.165, 1.54) is 5.56 Å². The Hall–Kier alpha value is -2.25. The molecule has 6 nitrogen and oxygen atoms in total. The topological polar surface area (TPSA) is 62.1 Å². The van der Waals surface area contributed by atoms with Gasteiger partial charge in [0.05, 0.1) is 19.2 Å². The molecule has 130 valence electrons. The van der Waals surface area contributed by atoms with E-state index < -0.39 is 0 Å². The SMILES string of the molecule is COc1cc(-n2nnnc2SCCc2ccccc2)c(OC)cc1Cl. The van der Waals surface area contributed by atoms with Gasteiger partial charge in [-0.15, -0.1) is 5.10 Å². The number of hydrogen-bond acceptors (Lipinski definition) is 6. The van der Waals surface area contributed by atoms with E-state index in [0.29, 0.717) is 27.4 Å². The van der Waals surface area contributed by atoms with Crippen LogP contribution in [0.2, 0.25) is 5.02 Å². The van der Waals surface area contributed by atoms with Crippen LogP contribution in [-0.4, -0.2) is 40.2 Å². The van der Waals surface area contributed by atoms with E-state index in [4.69, 9.17) is 21.1 Å². The van der Waals surface area contributed by atoms with Crippen molar-refractivity contribution in [3.05, 3.63) is 53.1 Å². The number of aryl methyl sites for hydroxylation is 1. The summed E-state index contributed by atoms with van der Waals surface area (Å²) in [5.74, 6) is 1.97. The normalized spacial score (nSPS) is 10.7. The van der Waals surface area contributed by atoms with Crippen LogP contribution in [0.4, 0.5) is 0 Å². The van der Waals surface area contributed by atoms with Crippen molar-refractivity contribution < 1.29 is 9.47 Å². The van der Waals surface area contributed by atoms with Crippen LogP contribution in [0, 0.1) is 0 Å². The van der Waals surface area contributed by atoms with Crippen molar-refractivity contribution in [3.63, 3.8) is 0 Å². The fraction of sp³-hybridized carbons (Fsp3) is 0.235. The molecular weight excluding hydrogens is 360 g/mol. The van der Waals surface area contributed by atoms with E-state index in [2.05, 4.69) is 27.7 Å². The number of methoxy groups -OCH3 is 2. The maximum absolute atomic E-state index is 6.16. The van der Waals surface area contributed by atoms with E-state index in [1.54, 1.807) is 42.8 Å². The average Bonchev–Trinajstić information content (AvgIpc) is 3.10. The molecule has 0 atom stereocenters. The second-order valence-corrected chi connectivity index (χ2v) is 6.59. The summed E-state index contributed by atoms with van der Waals surface area (Å²) in [7, 11) is 3.14. The number of halogens is 1. The first kappa shape index (κ1) is 17.6. The van der Waals surface area contributed by atoms with Crippen LogP contribution in [0.5, 0.6) is 11.5 Å². The molecule has 25 heavy (non-hydrogen) atoms. The van der Waals surface area contributed by atoms with Gasteiger partial charge < -0.3 is 9.47 Å². The van der Waals surface area contributed by atoms with Crippen molar-refractivity contribution in [2.24, 2.45) is 0 Å². The number of thioether (sulfide) groups is 1. The van der Waals surface area contributed by atoms with Crippen LogP contribution in [0.15, 0.2) is 47.6 Å². The van der Waals surface area contributed by atoms with E-state index in [9.17, 15) is 0 Å². The molecule has 0 spiro atoms. The molecule has 0 N–H and O–H groups in total. The van der Waals surface area contributed by atoms with Gasteiger partial charge in [0.2, 0.25) is 5.16 Å². The number of rotatable bonds is 7. The molecule has 3 aromatic rings. The summed E-state index contributed by atoms with van der Waals surface area (Å²) < 4.78 is 12.3. The zero-order chi connectivity index (χ0) is 17.6. The lowest BCUT2D eigenvalue weighted by Crippen LogP contribution is -2.03. The van der Waals surface area contributed by atoms with Crippen LogP contribution >= 0.6 is 23.4 Å². The first-order valence-electron chi connectivity index (χ1n) is 7.60. The zero-order valence-corrected chi connectivity index (χ0v) is 15.4. The molecule has 0 saturated heterocycles. The standard InChI is InChI=1S/C17H17ClN4O2S/c1-23-15-11-14(16(24-2)10-13(15)18)22-17(19-20-21-22)25-9-8-12-6-4-3-5-7-12/h3-7,10-11H,8-9H2,1-2H3. The van der Waals surface area contributed by atoms with Crippen molar-refractivity contribution in [2.45, 2.75) is 11.6 Å². The highest BCUT2D eigenvalue weighted by molar-refractivity contribution is 7.99. The quantitative estimate of drug-likeness (QED) is 0.586. The molecule has 0 saturated carbocycles. The van der Waals surface area contributed by atoms with Gasteiger partial charge in [0.25, 0.3) is 0 Å². The Bertz CT molecular complexity index is 842. The van der Waals surface area contributed by atoms with Gasteiger partial charge in [-0.05, 0) is 22.4 Å². The highest BCUT2D eigenvalue weighted by atomic mass is 35.5. The van der Waals surface area contributed by atoms with Crippen LogP contribution in [0.3, 0.4) is 0 Å². The Morgan fingerprint density at radius 1 is 1.08 bits per heavy atom. The van der Waals surface area contributed by atoms with Gasteiger partial charge >= 0.3 is 0 Å². The molecule has 3 rings (SSSR count). The molecule has 0 amide bonds. The van der Waals surface area contributed by atoms with Crippen LogP contribution in [0.25, 0.3) is 5.69 Å². The molecule has 0 unspecified atom stereocenters. The molecule has 8 heteroatoms. The molecule has 0 radical (unpaired) electrons. The molecule has 0 aliphatic carbocycles. The van der Waals surface area contributed by atoms with Crippen molar-refractivity contribution in [1.29, 1.82) is 0 Å². The Morgan fingerprint density at radius 3 is 2.56 bits per heavy atom. The van der Waals surface area contributed by atoms with Gasteiger partial charge in [-0.25, -0.2) is 0 Å². The second kappa shape index (κ2) is 8.22. The van der Waals surface area contributed by atoms with Gasteiger partial charge in [0, 0.05) is 17.9 Å². The largest absolute Gasteiger partial charge is 0.495 e. The molecule has 0 fully saturated rings. The fourth-order valence-electron chi connectivity index (χ4n) is 2.33. The van der Waals surface area contributed by atoms with Gasteiger partial charge in [-0.1, -0.05) is 53.7 Å². The smallest absolute Gasteiger partial charge is 0.214 e. The van der Waals surface area contributed by atoms with E-state index in [-0.39, 0.29) is 0 Å². The molecule has 0 aliphatic heterocycles. The van der Waals surface area contributed by atoms with Crippen molar-refractivity contribution in [2.75, 3.05) is 20.0 Å². The van der Waals surface area contributed by atoms with Gasteiger partial charge in [-0.2, -0.15) is 4.68 Å². The molecule has 0 aliphatic rings. The fourth-order valence-corrected chi connectivity index (χ4v) is 3.44. The number of benzene rings is 2. The number of nitrogens with zero attached hydrogens (tertiary/aromatic N) is 4.